The van der Waals surface area contributed by atoms with Gasteiger partial charge in [0.2, 0.25) is 5.82 Å². The lowest BCUT2D eigenvalue weighted by Gasteiger charge is -2.31. The van der Waals surface area contributed by atoms with Gasteiger partial charge in [-0.1, -0.05) is 22.0 Å². The molecule has 0 bridgehead atoms. The van der Waals surface area contributed by atoms with Crippen LogP contribution in [0.25, 0.3) is 0 Å². The van der Waals surface area contributed by atoms with Gasteiger partial charge < -0.3 is 15.0 Å². The van der Waals surface area contributed by atoms with E-state index >= 15 is 0 Å². The molecule has 0 radical (unpaired) electrons. The van der Waals surface area contributed by atoms with E-state index < -0.39 is 4.92 Å². The first-order valence-corrected chi connectivity index (χ1v) is 8.39. The molecule has 1 aromatic heterocycles. The van der Waals surface area contributed by atoms with Crippen LogP contribution in [0.15, 0.2) is 41.0 Å². The van der Waals surface area contributed by atoms with Crippen molar-refractivity contribution in [3.63, 3.8) is 0 Å². The summed E-state index contributed by atoms with van der Waals surface area (Å²) in [5.41, 5.74) is 2.13. The summed E-state index contributed by atoms with van der Waals surface area (Å²) in [7, 11) is 0. The van der Waals surface area contributed by atoms with Gasteiger partial charge in [0.05, 0.1) is 18.1 Å². The lowest BCUT2D eigenvalue weighted by molar-refractivity contribution is -0.384. The fourth-order valence-corrected chi connectivity index (χ4v) is 2.99. The Morgan fingerprint density at radius 3 is 2.88 bits per heavy atom. The molecule has 1 aliphatic rings. The van der Waals surface area contributed by atoms with Gasteiger partial charge in [0.1, 0.15) is 0 Å². The van der Waals surface area contributed by atoms with Crippen molar-refractivity contribution in [1.82, 2.24) is 4.98 Å². The normalized spacial score (nSPS) is 14.5. The number of ether oxygens (including phenoxy) is 1. The maximum absolute atomic E-state index is 11.1. The average molecular weight is 393 g/mol. The van der Waals surface area contributed by atoms with E-state index in [1.165, 1.54) is 6.07 Å². The molecule has 7 nitrogen and oxygen atoms in total. The number of pyridine rings is 1. The standard InChI is InChI=1S/C16H17BrN4O3/c17-13-4-3-12(15(10-13)20-6-8-24-9-7-20)11-19-16-14(21(22)23)2-1-5-18-16/h1-5,10H,6-9,11H2,(H,18,19). The maximum atomic E-state index is 11.1. The Morgan fingerprint density at radius 1 is 1.33 bits per heavy atom. The summed E-state index contributed by atoms with van der Waals surface area (Å²) >= 11 is 3.51. The highest BCUT2D eigenvalue weighted by Crippen LogP contribution is 2.28. The van der Waals surface area contributed by atoms with Crippen LogP contribution < -0.4 is 10.2 Å². The van der Waals surface area contributed by atoms with Gasteiger partial charge in [-0.15, -0.1) is 0 Å². The minimum Gasteiger partial charge on any atom is -0.378 e. The van der Waals surface area contributed by atoms with E-state index in [0.29, 0.717) is 19.8 Å². The number of rotatable bonds is 5. The van der Waals surface area contributed by atoms with E-state index in [-0.39, 0.29) is 11.5 Å². The summed E-state index contributed by atoms with van der Waals surface area (Å²) in [6.45, 7) is 3.51. The predicted octanol–water partition coefficient (Wildman–Crippen LogP) is 3.20. The number of nitrogens with one attached hydrogen (secondary N) is 1. The summed E-state index contributed by atoms with van der Waals surface area (Å²) < 4.78 is 6.41. The molecule has 0 aliphatic carbocycles. The average Bonchev–Trinajstić information content (AvgIpc) is 2.61. The number of anilines is 2. The molecular formula is C16H17BrN4O3. The molecule has 1 N–H and O–H groups in total. The highest BCUT2D eigenvalue weighted by molar-refractivity contribution is 9.10. The summed E-state index contributed by atoms with van der Waals surface area (Å²) in [6, 6.07) is 9.04. The summed E-state index contributed by atoms with van der Waals surface area (Å²) in [4.78, 5) is 17.0. The molecule has 1 saturated heterocycles. The van der Waals surface area contributed by atoms with Crippen LogP contribution in [-0.2, 0) is 11.3 Å². The van der Waals surface area contributed by atoms with Gasteiger partial charge in [0.15, 0.2) is 0 Å². The van der Waals surface area contributed by atoms with Crippen molar-refractivity contribution in [3.05, 3.63) is 56.7 Å². The number of nitrogens with zero attached hydrogens (tertiary/aromatic N) is 3. The third-order valence-electron chi connectivity index (χ3n) is 3.83. The molecule has 0 amide bonds. The Labute approximate surface area is 147 Å². The number of aromatic nitrogens is 1. The molecule has 1 aromatic carbocycles. The van der Waals surface area contributed by atoms with E-state index in [2.05, 4.69) is 37.2 Å². The van der Waals surface area contributed by atoms with Crippen LogP contribution in [0.2, 0.25) is 0 Å². The first-order valence-electron chi connectivity index (χ1n) is 7.59. The second-order valence-electron chi connectivity index (χ2n) is 5.35. The van der Waals surface area contributed by atoms with Gasteiger partial charge in [-0.25, -0.2) is 4.98 Å². The van der Waals surface area contributed by atoms with Gasteiger partial charge in [-0.2, -0.15) is 0 Å². The second kappa shape index (κ2) is 7.59. The van der Waals surface area contributed by atoms with E-state index in [1.807, 2.05) is 12.1 Å². The quantitative estimate of drug-likeness (QED) is 0.621. The Bertz CT molecular complexity index is 735. The van der Waals surface area contributed by atoms with Crippen molar-refractivity contribution >= 4 is 33.1 Å². The minimum atomic E-state index is -0.431. The molecule has 0 saturated carbocycles. The van der Waals surface area contributed by atoms with Crippen LogP contribution in [0.3, 0.4) is 0 Å². The van der Waals surface area contributed by atoms with Crippen molar-refractivity contribution in [2.75, 3.05) is 36.5 Å². The van der Waals surface area contributed by atoms with Crippen molar-refractivity contribution in [2.24, 2.45) is 0 Å². The smallest absolute Gasteiger partial charge is 0.311 e. The van der Waals surface area contributed by atoms with E-state index in [9.17, 15) is 10.1 Å². The van der Waals surface area contributed by atoms with Crippen LogP contribution >= 0.6 is 15.9 Å². The molecule has 3 rings (SSSR count). The van der Waals surface area contributed by atoms with Crippen LogP contribution in [0.5, 0.6) is 0 Å². The van der Waals surface area contributed by atoms with Crippen molar-refractivity contribution in [3.8, 4) is 0 Å². The number of hydrogen-bond donors (Lipinski definition) is 1. The molecule has 24 heavy (non-hydrogen) atoms. The topological polar surface area (TPSA) is 80.5 Å². The van der Waals surface area contributed by atoms with E-state index in [1.54, 1.807) is 12.3 Å². The molecule has 2 heterocycles. The Kier molecular flexibility index (Phi) is 5.27. The van der Waals surface area contributed by atoms with Gasteiger partial charge in [0.25, 0.3) is 0 Å². The van der Waals surface area contributed by atoms with Crippen LogP contribution in [0.1, 0.15) is 5.56 Å². The van der Waals surface area contributed by atoms with Gasteiger partial charge in [0, 0.05) is 42.1 Å². The largest absolute Gasteiger partial charge is 0.378 e. The fraction of sp³-hybridized carbons (Fsp3) is 0.312. The molecule has 0 unspecified atom stereocenters. The van der Waals surface area contributed by atoms with Crippen molar-refractivity contribution in [1.29, 1.82) is 0 Å². The Hall–Kier alpha value is -2.19. The lowest BCUT2D eigenvalue weighted by Crippen LogP contribution is -2.36. The minimum absolute atomic E-state index is 0.0254. The van der Waals surface area contributed by atoms with Crippen molar-refractivity contribution in [2.45, 2.75) is 6.54 Å². The zero-order valence-corrected chi connectivity index (χ0v) is 14.5. The molecule has 8 heteroatoms. The number of benzene rings is 1. The predicted molar refractivity (Wildman–Crippen MR) is 95.4 cm³/mol. The maximum Gasteiger partial charge on any atom is 0.311 e. The zero-order chi connectivity index (χ0) is 16.9. The van der Waals surface area contributed by atoms with E-state index in [0.717, 1.165) is 28.8 Å². The highest BCUT2D eigenvalue weighted by Gasteiger charge is 2.17. The molecule has 126 valence electrons. The molecule has 1 fully saturated rings. The summed E-state index contributed by atoms with van der Waals surface area (Å²) in [5, 5.41) is 14.2. The van der Waals surface area contributed by atoms with Crippen LogP contribution in [0.4, 0.5) is 17.2 Å². The summed E-state index contributed by atoms with van der Waals surface area (Å²) in [5.74, 6) is 0.276. The number of nitro groups is 1. The molecule has 0 spiro atoms. The van der Waals surface area contributed by atoms with Crippen LogP contribution in [0, 0.1) is 10.1 Å². The van der Waals surface area contributed by atoms with Gasteiger partial charge in [-0.3, -0.25) is 10.1 Å². The SMILES string of the molecule is O=[N+]([O-])c1cccnc1NCc1ccc(Br)cc1N1CCOCC1. The van der Waals surface area contributed by atoms with Crippen LogP contribution in [-0.4, -0.2) is 36.2 Å². The van der Waals surface area contributed by atoms with Crippen molar-refractivity contribution < 1.29 is 9.66 Å². The molecule has 0 atom stereocenters. The summed E-state index contributed by atoms with van der Waals surface area (Å²) in [6.07, 6.45) is 1.54. The third-order valence-corrected chi connectivity index (χ3v) is 4.32. The first-order chi connectivity index (χ1) is 11.6. The molecular weight excluding hydrogens is 376 g/mol. The monoisotopic (exact) mass is 392 g/mol. The van der Waals surface area contributed by atoms with Gasteiger partial charge >= 0.3 is 5.69 Å². The van der Waals surface area contributed by atoms with Gasteiger partial charge in [-0.05, 0) is 23.8 Å². The number of halogens is 1. The molecule has 2 aromatic rings. The zero-order valence-electron chi connectivity index (χ0n) is 12.9. The highest BCUT2D eigenvalue weighted by atomic mass is 79.9. The third kappa shape index (κ3) is 3.82. The Morgan fingerprint density at radius 2 is 2.12 bits per heavy atom. The van der Waals surface area contributed by atoms with E-state index in [4.69, 9.17) is 4.74 Å². The number of morpholine rings is 1. The first kappa shape index (κ1) is 16.7. The molecule has 1 aliphatic heterocycles. The second-order valence-corrected chi connectivity index (χ2v) is 6.27. The Balaban J connectivity index is 1.81. The fourth-order valence-electron chi connectivity index (χ4n) is 2.64. The number of hydrogen-bond acceptors (Lipinski definition) is 6. The lowest BCUT2D eigenvalue weighted by atomic mass is 10.1.